The number of pyridine rings is 2. The van der Waals surface area contributed by atoms with Crippen molar-refractivity contribution in [3.05, 3.63) is 78.4 Å². The van der Waals surface area contributed by atoms with E-state index in [2.05, 4.69) is 25.5 Å². The highest BCUT2D eigenvalue weighted by Crippen LogP contribution is 2.25. The van der Waals surface area contributed by atoms with Crippen LogP contribution in [-0.4, -0.2) is 26.1 Å². The molecule has 128 valence electrons. The van der Waals surface area contributed by atoms with Crippen molar-refractivity contribution in [2.45, 2.75) is 10.8 Å². The number of fused-ring (bicyclic) bond motifs is 1. The van der Waals surface area contributed by atoms with Gasteiger partial charge < -0.3 is 5.32 Å². The lowest BCUT2D eigenvalue weighted by Crippen LogP contribution is -2.13. The monoisotopic (exact) mass is 361 g/mol. The van der Waals surface area contributed by atoms with Gasteiger partial charge in [0.25, 0.3) is 5.91 Å². The molecule has 1 aromatic carbocycles. The van der Waals surface area contributed by atoms with Crippen molar-refractivity contribution in [3.8, 4) is 0 Å². The number of carbonyl (C=O) groups excluding carboxylic acids is 1. The summed E-state index contributed by atoms with van der Waals surface area (Å²) in [4.78, 5) is 21.1. The number of nitrogens with zero attached hydrogens (tertiary/aromatic N) is 3. The predicted molar refractivity (Wildman–Crippen MR) is 102 cm³/mol. The average molecular weight is 361 g/mol. The van der Waals surface area contributed by atoms with Crippen LogP contribution in [0.15, 0.2) is 72.3 Å². The molecule has 0 radical (unpaired) electrons. The van der Waals surface area contributed by atoms with Crippen LogP contribution in [0.1, 0.15) is 15.9 Å². The number of amides is 1. The van der Waals surface area contributed by atoms with Gasteiger partial charge in [-0.05, 0) is 48.0 Å². The predicted octanol–water partition coefficient (Wildman–Crippen LogP) is 3.90. The van der Waals surface area contributed by atoms with Crippen LogP contribution in [0, 0.1) is 0 Å². The van der Waals surface area contributed by atoms with Crippen LogP contribution in [0.25, 0.3) is 10.9 Å². The lowest BCUT2D eigenvalue weighted by Gasteiger charge is -2.09. The fraction of sp³-hybridized carbons (Fsp3) is 0.0526. The van der Waals surface area contributed by atoms with E-state index in [1.807, 2.05) is 30.3 Å². The zero-order valence-corrected chi connectivity index (χ0v) is 14.5. The van der Waals surface area contributed by atoms with Gasteiger partial charge in [-0.1, -0.05) is 0 Å². The molecule has 0 bridgehead atoms. The number of hydrogen-bond donors (Lipinski definition) is 2. The van der Waals surface area contributed by atoms with E-state index in [-0.39, 0.29) is 5.91 Å². The number of rotatable bonds is 5. The minimum atomic E-state index is -0.182. The number of anilines is 1. The molecule has 0 aliphatic rings. The van der Waals surface area contributed by atoms with Gasteiger partial charge >= 0.3 is 0 Å². The van der Waals surface area contributed by atoms with E-state index in [1.54, 1.807) is 36.9 Å². The first-order valence-electron chi connectivity index (χ1n) is 8.01. The van der Waals surface area contributed by atoms with Gasteiger partial charge in [-0.15, -0.1) is 11.8 Å². The fourth-order valence-electron chi connectivity index (χ4n) is 2.53. The van der Waals surface area contributed by atoms with E-state index < -0.39 is 0 Å². The first-order chi connectivity index (χ1) is 12.8. The molecule has 26 heavy (non-hydrogen) atoms. The van der Waals surface area contributed by atoms with Crippen molar-refractivity contribution < 1.29 is 4.79 Å². The maximum absolute atomic E-state index is 12.7. The Hall–Kier alpha value is -3.19. The lowest BCUT2D eigenvalue weighted by atomic mass is 10.2. The smallest absolute Gasteiger partial charge is 0.258 e. The van der Waals surface area contributed by atoms with Crippen LogP contribution in [-0.2, 0) is 5.75 Å². The number of H-pyrrole nitrogens is 1. The molecular formula is C19H15N5OS. The molecule has 0 atom stereocenters. The summed E-state index contributed by atoms with van der Waals surface area (Å²) in [5, 5.41) is 11.5. The molecule has 4 rings (SSSR count). The Labute approximate surface area is 154 Å². The SMILES string of the molecule is O=C(Nc1ccc2[nH]ncc2c1)c1cccnc1SCc1ccncc1. The van der Waals surface area contributed by atoms with Gasteiger partial charge in [-0.3, -0.25) is 14.9 Å². The van der Waals surface area contributed by atoms with Gasteiger partial charge in [-0.25, -0.2) is 4.98 Å². The van der Waals surface area contributed by atoms with Gasteiger partial charge in [-0.2, -0.15) is 5.10 Å². The maximum atomic E-state index is 12.7. The van der Waals surface area contributed by atoms with Crippen molar-refractivity contribution in [2.24, 2.45) is 0 Å². The molecule has 0 fully saturated rings. The van der Waals surface area contributed by atoms with Crippen molar-refractivity contribution in [1.82, 2.24) is 20.2 Å². The van der Waals surface area contributed by atoms with Crippen LogP contribution < -0.4 is 5.32 Å². The third kappa shape index (κ3) is 3.57. The molecule has 0 unspecified atom stereocenters. The molecule has 4 aromatic rings. The molecule has 7 heteroatoms. The molecule has 0 spiro atoms. The Morgan fingerprint density at radius 3 is 2.88 bits per heavy atom. The molecule has 3 heterocycles. The molecule has 3 aromatic heterocycles. The second kappa shape index (κ2) is 7.37. The van der Waals surface area contributed by atoms with E-state index >= 15 is 0 Å². The van der Waals surface area contributed by atoms with E-state index in [1.165, 1.54) is 11.8 Å². The summed E-state index contributed by atoms with van der Waals surface area (Å²) in [5.74, 6) is 0.541. The fourth-order valence-corrected chi connectivity index (χ4v) is 3.48. The molecule has 1 amide bonds. The van der Waals surface area contributed by atoms with Gasteiger partial charge in [0.1, 0.15) is 5.03 Å². The van der Waals surface area contributed by atoms with Crippen molar-refractivity contribution in [2.75, 3.05) is 5.32 Å². The second-order valence-electron chi connectivity index (χ2n) is 5.63. The summed E-state index contributed by atoms with van der Waals surface area (Å²) in [6, 6.07) is 13.1. The summed E-state index contributed by atoms with van der Waals surface area (Å²) in [7, 11) is 0. The first kappa shape index (κ1) is 16.3. The van der Waals surface area contributed by atoms with Crippen molar-refractivity contribution >= 4 is 34.3 Å². The third-order valence-electron chi connectivity index (χ3n) is 3.84. The van der Waals surface area contributed by atoms with Gasteiger partial charge in [0.15, 0.2) is 0 Å². The van der Waals surface area contributed by atoms with E-state index in [0.717, 1.165) is 27.9 Å². The number of carbonyl (C=O) groups is 1. The van der Waals surface area contributed by atoms with Crippen LogP contribution in [0.5, 0.6) is 0 Å². The van der Waals surface area contributed by atoms with E-state index in [4.69, 9.17) is 0 Å². The van der Waals surface area contributed by atoms with E-state index in [9.17, 15) is 4.79 Å². The van der Waals surface area contributed by atoms with Gasteiger partial charge in [0.2, 0.25) is 0 Å². The minimum absolute atomic E-state index is 0.182. The standard InChI is InChI=1S/C19H15N5OS/c25-18(23-15-3-4-17-14(10-15)11-22-24-17)16-2-1-7-21-19(16)26-12-13-5-8-20-9-6-13/h1-11H,12H2,(H,22,24)(H,23,25). The van der Waals surface area contributed by atoms with Crippen molar-refractivity contribution in [1.29, 1.82) is 0 Å². The number of aromatic amines is 1. The van der Waals surface area contributed by atoms with Crippen molar-refractivity contribution in [3.63, 3.8) is 0 Å². The lowest BCUT2D eigenvalue weighted by molar-refractivity contribution is 0.102. The van der Waals surface area contributed by atoms with E-state index in [0.29, 0.717) is 10.6 Å². The quantitative estimate of drug-likeness (QED) is 0.527. The third-order valence-corrected chi connectivity index (χ3v) is 4.92. The Morgan fingerprint density at radius 2 is 2.00 bits per heavy atom. The van der Waals surface area contributed by atoms with Crippen LogP contribution in [0.3, 0.4) is 0 Å². The Bertz CT molecular complexity index is 1050. The summed E-state index contributed by atoms with van der Waals surface area (Å²) < 4.78 is 0. The Balaban J connectivity index is 1.52. The highest BCUT2D eigenvalue weighted by Gasteiger charge is 2.13. The highest BCUT2D eigenvalue weighted by atomic mass is 32.2. The number of benzene rings is 1. The number of hydrogen-bond acceptors (Lipinski definition) is 5. The maximum Gasteiger partial charge on any atom is 0.258 e. The average Bonchev–Trinajstić information content (AvgIpc) is 3.15. The number of nitrogens with one attached hydrogen (secondary N) is 2. The topological polar surface area (TPSA) is 83.6 Å². The second-order valence-corrected chi connectivity index (χ2v) is 6.59. The summed E-state index contributed by atoms with van der Waals surface area (Å²) >= 11 is 1.53. The molecule has 0 saturated carbocycles. The van der Waals surface area contributed by atoms with Gasteiger partial charge in [0, 0.05) is 35.4 Å². The summed E-state index contributed by atoms with van der Waals surface area (Å²) in [6.45, 7) is 0. The molecule has 0 saturated heterocycles. The minimum Gasteiger partial charge on any atom is -0.322 e. The largest absolute Gasteiger partial charge is 0.322 e. The van der Waals surface area contributed by atoms with Crippen LogP contribution >= 0.6 is 11.8 Å². The van der Waals surface area contributed by atoms with Gasteiger partial charge in [0.05, 0.1) is 17.3 Å². The number of thioether (sulfide) groups is 1. The summed E-state index contributed by atoms with van der Waals surface area (Å²) in [5.41, 5.74) is 3.34. The van der Waals surface area contributed by atoms with Crippen LogP contribution in [0.2, 0.25) is 0 Å². The normalized spacial score (nSPS) is 10.8. The Kier molecular flexibility index (Phi) is 4.61. The molecule has 0 aliphatic carbocycles. The Morgan fingerprint density at radius 1 is 1.12 bits per heavy atom. The molecule has 6 nitrogen and oxygen atoms in total. The number of aromatic nitrogens is 4. The highest BCUT2D eigenvalue weighted by molar-refractivity contribution is 7.98. The van der Waals surface area contributed by atoms with Crippen LogP contribution in [0.4, 0.5) is 5.69 Å². The first-order valence-corrected chi connectivity index (χ1v) is 8.99. The zero-order chi connectivity index (χ0) is 17.8. The molecule has 2 N–H and O–H groups in total. The molecule has 0 aliphatic heterocycles. The zero-order valence-electron chi connectivity index (χ0n) is 13.7. The molecular weight excluding hydrogens is 346 g/mol. The summed E-state index contributed by atoms with van der Waals surface area (Å²) in [6.07, 6.45) is 6.94.